The predicted octanol–water partition coefficient (Wildman–Crippen LogP) is 5.26. The molecule has 1 aliphatic heterocycles. The molecule has 0 saturated heterocycles. The summed E-state index contributed by atoms with van der Waals surface area (Å²) >= 11 is 1.66. The van der Waals surface area contributed by atoms with E-state index in [1.54, 1.807) is 52.9 Å². The van der Waals surface area contributed by atoms with Gasteiger partial charge in [-0.3, -0.25) is 0 Å². The Morgan fingerprint density at radius 2 is 1.57 bits per heavy atom. The minimum Gasteiger partial charge on any atom is -0.480 e. The Morgan fingerprint density at radius 1 is 0.957 bits per heavy atom. The number of halogens is 3. The first-order valence-electron chi connectivity index (χ1n) is 7.19. The van der Waals surface area contributed by atoms with Gasteiger partial charge in [0.05, 0.1) is 6.61 Å². The lowest BCUT2D eigenvalue weighted by molar-refractivity contribution is -0.0629. The second-order valence-electron chi connectivity index (χ2n) is 5.25. The molecule has 120 valence electrons. The molecule has 0 aliphatic carbocycles. The topological polar surface area (TPSA) is 18.5 Å². The number of alkyl halides is 2. The van der Waals surface area contributed by atoms with Crippen LogP contribution < -0.4 is 0 Å². The Hall–Kier alpha value is -1.47. The van der Waals surface area contributed by atoms with Gasteiger partial charge < -0.3 is 9.47 Å². The molecular weight excluding hydrogens is 413 g/mol. The third-order valence-electron chi connectivity index (χ3n) is 3.57. The van der Waals surface area contributed by atoms with Gasteiger partial charge in [0.2, 0.25) is 0 Å². The summed E-state index contributed by atoms with van der Waals surface area (Å²) in [6, 6.07) is 18.1. The average molecular weight is 428 g/mol. The summed E-state index contributed by atoms with van der Waals surface area (Å²) in [4.78, 5) is 0. The molecule has 2 aromatic rings. The summed E-state index contributed by atoms with van der Waals surface area (Å²) in [6.45, 7) is 0.394. The van der Waals surface area contributed by atoms with Crippen LogP contribution in [0.15, 0.2) is 70.0 Å². The molecule has 1 aliphatic rings. The van der Waals surface area contributed by atoms with Crippen molar-refractivity contribution in [1.29, 1.82) is 0 Å². The fraction of sp³-hybridized carbons (Fsp3) is 0.222. The average Bonchev–Trinajstić information content (AvgIpc) is 2.80. The van der Waals surface area contributed by atoms with Gasteiger partial charge in [-0.1, -0.05) is 60.7 Å². The maximum Gasteiger partial charge on any atom is 0.322 e. The summed E-state index contributed by atoms with van der Waals surface area (Å²) in [7, 11) is 0. The third-order valence-corrected chi connectivity index (χ3v) is 4.89. The zero-order valence-corrected chi connectivity index (χ0v) is 14.4. The van der Waals surface area contributed by atoms with E-state index in [2.05, 4.69) is 0 Å². The molecule has 0 fully saturated rings. The van der Waals surface area contributed by atoms with Gasteiger partial charge in [0.25, 0.3) is 0 Å². The molecule has 0 N–H and O–H groups in total. The molecule has 0 radical (unpaired) electrons. The largest absolute Gasteiger partial charge is 0.480 e. The molecular formula is C18H15F2IO2. The molecule has 0 amide bonds. The second kappa shape index (κ2) is 6.97. The minimum absolute atomic E-state index is 0.0338. The highest BCUT2D eigenvalue weighted by molar-refractivity contribution is 14.1. The summed E-state index contributed by atoms with van der Waals surface area (Å²) < 4.78 is 39.8. The first-order chi connectivity index (χ1) is 11.1. The number of ether oxygens (including phenoxy) is 2. The molecule has 2 nitrogen and oxygen atoms in total. The van der Waals surface area contributed by atoms with Crippen molar-refractivity contribution in [3.05, 3.63) is 81.1 Å². The number of rotatable bonds is 5. The standard InChI is InChI=1S/C18H15F2IO2/c19-18(20)16(21)15(12-22-11-13-7-3-1-4-8-13)23-17(18)14-9-5-2-6-10-14/h1-10,17H,11-12H2. The summed E-state index contributed by atoms with van der Waals surface area (Å²) in [6.07, 6.45) is -1.29. The third kappa shape index (κ3) is 3.55. The Labute approximate surface area is 147 Å². The van der Waals surface area contributed by atoms with Crippen molar-refractivity contribution < 1.29 is 18.3 Å². The summed E-state index contributed by atoms with van der Waals surface area (Å²) in [5.41, 5.74) is 1.46. The normalized spacial score (nSPS) is 19.7. The quantitative estimate of drug-likeness (QED) is 0.606. The molecule has 1 heterocycles. The minimum atomic E-state index is -3.03. The lowest BCUT2D eigenvalue weighted by atomic mass is 10.0. The number of hydrogen-bond acceptors (Lipinski definition) is 2. The monoisotopic (exact) mass is 428 g/mol. The molecule has 1 unspecified atom stereocenters. The molecule has 1 atom stereocenters. The molecule has 2 aromatic carbocycles. The van der Waals surface area contributed by atoms with E-state index in [9.17, 15) is 8.78 Å². The highest BCUT2D eigenvalue weighted by Gasteiger charge is 2.52. The number of hydrogen-bond donors (Lipinski definition) is 0. The molecule has 23 heavy (non-hydrogen) atoms. The van der Waals surface area contributed by atoms with E-state index in [4.69, 9.17) is 9.47 Å². The van der Waals surface area contributed by atoms with Crippen LogP contribution >= 0.6 is 22.6 Å². The van der Waals surface area contributed by atoms with Gasteiger partial charge in [-0.15, -0.1) is 0 Å². The Kier molecular flexibility index (Phi) is 4.96. The maximum atomic E-state index is 14.4. The SMILES string of the molecule is FC1(F)C(I)=C(COCc2ccccc2)OC1c1ccccc1. The highest BCUT2D eigenvalue weighted by atomic mass is 127. The van der Waals surface area contributed by atoms with Gasteiger partial charge >= 0.3 is 5.92 Å². The lowest BCUT2D eigenvalue weighted by Gasteiger charge is -2.19. The fourth-order valence-electron chi connectivity index (χ4n) is 2.41. The van der Waals surface area contributed by atoms with Crippen LogP contribution in [0.5, 0.6) is 0 Å². The van der Waals surface area contributed by atoms with E-state index in [0.29, 0.717) is 12.2 Å². The second-order valence-corrected chi connectivity index (χ2v) is 6.33. The van der Waals surface area contributed by atoms with E-state index in [1.807, 2.05) is 30.3 Å². The lowest BCUT2D eigenvalue weighted by Crippen LogP contribution is -2.22. The Balaban J connectivity index is 1.67. The van der Waals surface area contributed by atoms with Gasteiger partial charge in [0.1, 0.15) is 15.9 Å². The van der Waals surface area contributed by atoms with E-state index in [-0.39, 0.29) is 15.9 Å². The molecule has 0 bridgehead atoms. The summed E-state index contributed by atoms with van der Waals surface area (Å²) in [5.74, 6) is -2.83. The van der Waals surface area contributed by atoms with Crippen LogP contribution in [0.25, 0.3) is 0 Å². The summed E-state index contributed by atoms with van der Waals surface area (Å²) in [5, 5.41) is 0. The Bertz CT molecular complexity index is 687. The first-order valence-corrected chi connectivity index (χ1v) is 8.27. The predicted molar refractivity (Wildman–Crippen MR) is 92.4 cm³/mol. The van der Waals surface area contributed by atoms with Crippen molar-refractivity contribution in [1.82, 2.24) is 0 Å². The van der Waals surface area contributed by atoms with Crippen molar-refractivity contribution in [2.75, 3.05) is 6.61 Å². The fourth-order valence-corrected chi connectivity index (χ4v) is 2.97. The van der Waals surface area contributed by atoms with Crippen molar-refractivity contribution in [2.24, 2.45) is 0 Å². The van der Waals surface area contributed by atoms with Gasteiger partial charge in [-0.05, 0) is 33.7 Å². The van der Waals surface area contributed by atoms with Gasteiger partial charge in [0.15, 0.2) is 6.10 Å². The van der Waals surface area contributed by atoms with E-state index < -0.39 is 12.0 Å². The molecule has 0 saturated carbocycles. The first kappa shape index (κ1) is 16.4. The van der Waals surface area contributed by atoms with Crippen LogP contribution in [0.1, 0.15) is 17.2 Å². The smallest absolute Gasteiger partial charge is 0.322 e. The van der Waals surface area contributed by atoms with Crippen LogP contribution in [-0.4, -0.2) is 12.5 Å². The van der Waals surface area contributed by atoms with Crippen LogP contribution in [0, 0.1) is 0 Å². The maximum absolute atomic E-state index is 14.4. The van der Waals surface area contributed by atoms with Crippen molar-refractivity contribution in [3.8, 4) is 0 Å². The van der Waals surface area contributed by atoms with E-state index >= 15 is 0 Å². The van der Waals surface area contributed by atoms with E-state index in [0.717, 1.165) is 5.56 Å². The molecule has 5 heteroatoms. The van der Waals surface area contributed by atoms with Crippen LogP contribution in [-0.2, 0) is 16.1 Å². The van der Waals surface area contributed by atoms with Gasteiger partial charge in [-0.2, -0.15) is 8.78 Å². The van der Waals surface area contributed by atoms with E-state index in [1.165, 1.54) is 0 Å². The zero-order chi connectivity index (χ0) is 16.3. The van der Waals surface area contributed by atoms with Crippen LogP contribution in [0.3, 0.4) is 0 Å². The number of benzene rings is 2. The Morgan fingerprint density at radius 3 is 2.22 bits per heavy atom. The van der Waals surface area contributed by atoms with Crippen LogP contribution in [0.4, 0.5) is 8.78 Å². The highest BCUT2D eigenvalue weighted by Crippen LogP contribution is 2.50. The van der Waals surface area contributed by atoms with Crippen LogP contribution in [0.2, 0.25) is 0 Å². The van der Waals surface area contributed by atoms with Crippen molar-refractivity contribution in [3.63, 3.8) is 0 Å². The van der Waals surface area contributed by atoms with Gasteiger partial charge in [0, 0.05) is 0 Å². The van der Waals surface area contributed by atoms with Crippen molar-refractivity contribution in [2.45, 2.75) is 18.6 Å². The molecule has 0 aromatic heterocycles. The van der Waals surface area contributed by atoms with Gasteiger partial charge in [-0.25, -0.2) is 0 Å². The molecule has 0 spiro atoms. The van der Waals surface area contributed by atoms with Crippen molar-refractivity contribution >= 4 is 22.6 Å². The zero-order valence-electron chi connectivity index (χ0n) is 12.2. The molecule has 3 rings (SSSR count).